The third-order valence-electron chi connectivity index (χ3n) is 4.76. The lowest BCUT2D eigenvalue weighted by molar-refractivity contribution is -0.126. The largest absolute Gasteiger partial charge is 0.493 e. The van der Waals surface area contributed by atoms with Crippen molar-refractivity contribution in [2.24, 2.45) is 0 Å². The third-order valence-corrected chi connectivity index (χ3v) is 4.99. The molecule has 0 saturated heterocycles. The number of nitrogens with one attached hydrogen (secondary N) is 1. The summed E-state index contributed by atoms with van der Waals surface area (Å²) in [5.41, 5.74) is 2.40. The molecule has 2 aromatic carbocycles. The van der Waals surface area contributed by atoms with Gasteiger partial charge in [-0.3, -0.25) is 9.59 Å². The van der Waals surface area contributed by atoms with E-state index in [1.165, 1.54) is 6.92 Å². The first-order valence-corrected chi connectivity index (χ1v) is 9.97. The van der Waals surface area contributed by atoms with Crippen LogP contribution >= 0.6 is 11.6 Å². The van der Waals surface area contributed by atoms with E-state index in [4.69, 9.17) is 16.3 Å². The van der Waals surface area contributed by atoms with Crippen molar-refractivity contribution in [3.63, 3.8) is 0 Å². The molecule has 1 aliphatic heterocycles. The van der Waals surface area contributed by atoms with E-state index in [9.17, 15) is 9.59 Å². The van der Waals surface area contributed by atoms with Crippen molar-refractivity contribution in [1.29, 1.82) is 0 Å². The number of fused-ring (bicyclic) bond motifs is 1. The minimum absolute atomic E-state index is 0.173. The van der Waals surface area contributed by atoms with Crippen molar-refractivity contribution in [2.75, 3.05) is 11.5 Å². The lowest BCUT2D eigenvalue weighted by Crippen LogP contribution is -2.36. The second-order valence-electron chi connectivity index (χ2n) is 6.92. The molecule has 0 spiro atoms. The van der Waals surface area contributed by atoms with Gasteiger partial charge >= 0.3 is 0 Å². The van der Waals surface area contributed by atoms with Gasteiger partial charge in [-0.1, -0.05) is 49.6 Å². The monoisotopic (exact) mass is 400 g/mol. The summed E-state index contributed by atoms with van der Waals surface area (Å²) in [6, 6.07) is 12.3. The zero-order valence-corrected chi connectivity index (χ0v) is 17.0. The van der Waals surface area contributed by atoms with Crippen LogP contribution in [0.4, 0.5) is 5.69 Å². The summed E-state index contributed by atoms with van der Waals surface area (Å²) < 4.78 is 5.95. The van der Waals surface area contributed by atoms with Crippen LogP contribution in [0.5, 0.6) is 5.75 Å². The highest BCUT2D eigenvalue weighted by Crippen LogP contribution is 2.39. The van der Waals surface area contributed by atoms with Crippen molar-refractivity contribution in [3.05, 3.63) is 58.6 Å². The molecule has 1 N–H and O–H groups in total. The van der Waals surface area contributed by atoms with Crippen LogP contribution in [0.15, 0.2) is 42.5 Å². The Balaban J connectivity index is 1.85. The van der Waals surface area contributed by atoms with Crippen molar-refractivity contribution in [2.45, 2.75) is 45.7 Å². The zero-order chi connectivity index (χ0) is 20.1. The smallest absolute Gasteiger partial charge is 0.254 e. The second-order valence-corrected chi connectivity index (χ2v) is 7.36. The summed E-state index contributed by atoms with van der Waals surface area (Å²) in [6.45, 7) is 4.58. The van der Waals surface area contributed by atoms with E-state index < -0.39 is 6.04 Å². The predicted octanol–water partition coefficient (Wildman–Crippen LogP) is 4.63. The molecule has 2 aromatic rings. The number of anilines is 1. The maximum absolute atomic E-state index is 13.1. The molecular formula is C22H25ClN2O3. The molecule has 148 valence electrons. The summed E-state index contributed by atoms with van der Waals surface area (Å²) in [6.07, 6.45) is 3.26. The van der Waals surface area contributed by atoms with E-state index in [0.29, 0.717) is 23.7 Å². The molecule has 0 saturated carbocycles. The summed E-state index contributed by atoms with van der Waals surface area (Å²) in [4.78, 5) is 26.3. The van der Waals surface area contributed by atoms with E-state index in [1.807, 2.05) is 30.3 Å². The Hall–Kier alpha value is -2.53. The van der Waals surface area contributed by atoms with Crippen LogP contribution in [0.2, 0.25) is 5.02 Å². The summed E-state index contributed by atoms with van der Waals surface area (Å²) >= 11 is 6.13. The highest BCUT2D eigenvalue weighted by molar-refractivity contribution is 6.31. The fraction of sp³-hybridized carbons (Fsp3) is 0.364. The molecule has 0 fully saturated rings. The Kier molecular flexibility index (Phi) is 6.57. The van der Waals surface area contributed by atoms with E-state index in [0.717, 1.165) is 36.3 Å². The lowest BCUT2D eigenvalue weighted by atomic mass is 10.1. The molecule has 0 aliphatic carbocycles. The fourth-order valence-corrected chi connectivity index (χ4v) is 3.58. The van der Waals surface area contributed by atoms with Gasteiger partial charge in [-0.2, -0.15) is 0 Å². The number of unbranched alkanes of at least 4 members (excludes halogenated alkanes) is 2. The van der Waals surface area contributed by atoms with Crippen LogP contribution in [-0.4, -0.2) is 18.4 Å². The van der Waals surface area contributed by atoms with Crippen LogP contribution in [0.25, 0.3) is 0 Å². The molecular weight excluding hydrogens is 376 g/mol. The lowest BCUT2D eigenvalue weighted by Gasteiger charge is -2.20. The van der Waals surface area contributed by atoms with Gasteiger partial charge in [0.15, 0.2) is 0 Å². The Morgan fingerprint density at radius 1 is 1.21 bits per heavy atom. The Morgan fingerprint density at radius 3 is 2.75 bits per heavy atom. The molecule has 3 rings (SSSR count). The first-order chi connectivity index (χ1) is 13.5. The van der Waals surface area contributed by atoms with Gasteiger partial charge in [0.05, 0.1) is 13.2 Å². The van der Waals surface area contributed by atoms with Crippen molar-refractivity contribution >= 4 is 29.1 Å². The highest BCUT2D eigenvalue weighted by Gasteiger charge is 2.38. The topological polar surface area (TPSA) is 58.6 Å². The molecule has 0 aromatic heterocycles. The molecule has 1 atom stereocenters. The van der Waals surface area contributed by atoms with Crippen LogP contribution in [-0.2, 0) is 16.1 Å². The van der Waals surface area contributed by atoms with Crippen molar-refractivity contribution in [1.82, 2.24) is 5.32 Å². The van der Waals surface area contributed by atoms with Crippen LogP contribution in [0.1, 0.15) is 50.3 Å². The molecule has 1 aliphatic rings. The maximum atomic E-state index is 13.1. The van der Waals surface area contributed by atoms with E-state index >= 15 is 0 Å². The Labute approximate surface area is 170 Å². The van der Waals surface area contributed by atoms with E-state index in [2.05, 4.69) is 12.2 Å². The first kappa shape index (κ1) is 20.2. The number of carbonyl (C=O) groups excluding carboxylic acids is 2. The summed E-state index contributed by atoms with van der Waals surface area (Å²) in [5.74, 6) is 0.351. The first-order valence-electron chi connectivity index (χ1n) is 9.60. The van der Waals surface area contributed by atoms with Crippen molar-refractivity contribution < 1.29 is 14.3 Å². The number of halogens is 1. The summed E-state index contributed by atoms with van der Waals surface area (Å²) in [7, 11) is 0. The molecule has 2 amide bonds. The summed E-state index contributed by atoms with van der Waals surface area (Å²) in [5, 5.41) is 3.26. The number of para-hydroxylation sites is 1. The molecule has 0 unspecified atom stereocenters. The quantitative estimate of drug-likeness (QED) is 0.657. The fourth-order valence-electron chi connectivity index (χ4n) is 3.40. The maximum Gasteiger partial charge on any atom is 0.254 e. The van der Waals surface area contributed by atoms with Gasteiger partial charge in [-0.15, -0.1) is 0 Å². The van der Waals surface area contributed by atoms with Gasteiger partial charge in [0.1, 0.15) is 11.8 Å². The standard InChI is InChI=1S/C22H25ClN2O3/c1-3-4-7-12-28-20-9-6-5-8-16(20)14-25-19-11-10-17(23)13-18(19)21(22(25)27)24-15(2)26/h5-6,8-11,13,21H,3-4,7,12,14H2,1-2H3,(H,24,26)/t21-/m1/s1. The number of carbonyl (C=O) groups is 2. The number of rotatable bonds is 8. The number of hydrogen-bond donors (Lipinski definition) is 1. The molecule has 28 heavy (non-hydrogen) atoms. The molecule has 1 heterocycles. The average Bonchev–Trinajstić information content (AvgIpc) is 2.91. The van der Waals surface area contributed by atoms with Crippen LogP contribution < -0.4 is 15.0 Å². The van der Waals surface area contributed by atoms with Gasteiger partial charge in [0, 0.05) is 28.8 Å². The van der Waals surface area contributed by atoms with Crippen molar-refractivity contribution in [3.8, 4) is 5.75 Å². The highest BCUT2D eigenvalue weighted by atomic mass is 35.5. The molecule has 0 radical (unpaired) electrons. The third kappa shape index (κ3) is 4.47. The number of hydrogen-bond acceptors (Lipinski definition) is 3. The van der Waals surface area contributed by atoms with Crippen LogP contribution in [0, 0.1) is 0 Å². The minimum Gasteiger partial charge on any atom is -0.493 e. The minimum atomic E-state index is -0.719. The number of benzene rings is 2. The molecule has 6 heteroatoms. The van der Waals surface area contributed by atoms with E-state index in [-0.39, 0.29) is 11.8 Å². The van der Waals surface area contributed by atoms with Crippen LogP contribution in [0.3, 0.4) is 0 Å². The molecule has 0 bridgehead atoms. The van der Waals surface area contributed by atoms with Gasteiger partial charge in [0.2, 0.25) is 5.91 Å². The second kappa shape index (κ2) is 9.11. The van der Waals surface area contributed by atoms with Gasteiger partial charge < -0.3 is 15.0 Å². The van der Waals surface area contributed by atoms with Gasteiger partial charge in [0.25, 0.3) is 5.91 Å². The van der Waals surface area contributed by atoms with Gasteiger partial charge in [-0.25, -0.2) is 0 Å². The number of nitrogens with zero attached hydrogens (tertiary/aromatic N) is 1. The normalized spacial score (nSPS) is 15.5. The Bertz CT molecular complexity index is 869. The van der Waals surface area contributed by atoms with Gasteiger partial charge in [-0.05, 0) is 30.7 Å². The molecule has 5 nitrogen and oxygen atoms in total. The number of amides is 2. The predicted molar refractivity (Wildman–Crippen MR) is 111 cm³/mol. The average molecular weight is 401 g/mol. The Morgan fingerprint density at radius 2 is 2.00 bits per heavy atom. The SMILES string of the molecule is CCCCCOc1ccccc1CN1C(=O)[C@H](NC(C)=O)c2cc(Cl)ccc21. The zero-order valence-electron chi connectivity index (χ0n) is 16.2. The number of ether oxygens (including phenoxy) is 1. The van der Waals surface area contributed by atoms with E-state index in [1.54, 1.807) is 17.0 Å².